The number of nitrogens with two attached hydrogens (primary N) is 1. The van der Waals surface area contributed by atoms with E-state index in [0.717, 1.165) is 97.7 Å². The van der Waals surface area contributed by atoms with Crippen LogP contribution in [0.25, 0.3) is 10.9 Å². The first-order chi connectivity index (χ1) is 50.4. The number of hydrogen-bond acceptors (Lipinski definition) is 9. The second-order valence-electron chi connectivity index (χ2n) is 35.2. The molecule has 3 aliphatic heterocycles. The highest BCUT2D eigenvalue weighted by Crippen LogP contribution is 2.26. The van der Waals surface area contributed by atoms with E-state index in [1.54, 1.807) is 38.1 Å². The van der Waals surface area contributed by atoms with E-state index in [-0.39, 0.29) is 30.6 Å². The molecule has 13 heteroatoms. The van der Waals surface area contributed by atoms with Crippen molar-refractivity contribution >= 4 is 34.6 Å². The number of likely N-dealkylation sites (tertiary alicyclic amines) is 1. The molecule has 13 nitrogen and oxygen atoms in total. The summed E-state index contributed by atoms with van der Waals surface area (Å²) in [5.74, 6) is 10.0. The molecule has 1 aromatic heterocycles. The summed E-state index contributed by atoms with van der Waals surface area (Å²) >= 11 is 0. The van der Waals surface area contributed by atoms with Gasteiger partial charge in [-0.05, 0) is 201 Å². The Bertz CT molecular complexity index is 2710. The molecule has 0 bridgehead atoms. The fourth-order valence-corrected chi connectivity index (χ4v) is 11.2. The molecule has 4 aromatic rings. The first-order valence-corrected chi connectivity index (χ1v) is 42.6. The molecule has 3 saturated heterocycles. The van der Waals surface area contributed by atoms with Crippen molar-refractivity contribution in [3.8, 4) is 5.75 Å². The van der Waals surface area contributed by atoms with Crippen molar-refractivity contribution in [3.63, 3.8) is 0 Å². The topological polar surface area (TPSA) is 198 Å². The molecule has 0 aliphatic carbocycles. The van der Waals surface area contributed by atoms with Crippen molar-refractivity contribution in [2.24, 2.45) is 76.7 Å². The lowest BCUT2D eigenvalue weighted by atomic mass is 9.87. The molecule has 109 heavy (non-hydrogen) atoms. The number of para-hydroxylation sites is 1. The van der Waals surface area contributed by atoms with E-state index in [1.807, 2.05) is 55.3 Å². The number of carbonyl (C=O) groups excluding carboxylic acids is 3. The van der Waals surface area contributed by atoms with E-state index in [4.69, 9.17) is 15.9 Å². The number of aromatic nitrogens is 1. The van der Waals surface area contributed by atoms with Crippen LogP contribution in [0.4, 0.5) is 0 Å². The molecule has 0 radical (unpaired) electrons. The van der Waals surface area contributed by atoms with Gasteiger partial charge in [0.15, 0.2) is 0 Å². The number of pyridine rings is 1. The largest absolute Gasteiger partial charge is 0.508 e. The third-order valence-corrected chi connectivity index (χ3v) is 19.1. The maximum absolute atomic E-state index is 11.1. The van der Waals surface area contributed by atoms with Gasteiger partial charge in [0.25, 0.3) is 0 Å². The number of rotatable bonds is 22. The quantitative estimate of drug-likeness (QED) is 0.0412. The number of nitrogens with one attached hydrogen (secondary N) is 2. The van der Waals surface area contributed by atoms with Gasteiger partial charge in [-0.15, -0.1) is 0 Å². The van der Waals surface area contributed by atoms with Crippen molar-refractivity contribution in [1.29, 1.82) is 0 Å². The molecule has 4 heterocycles. The Hall–Kier alpha value is -5.37. The molecule has 3 aromatic carbocycles. The Kier molecular flexibility index (Phi) is 74.1. The lowest BCUT2D eigenvalue weighted by Crippen LogP contribution is -2.36. The molecular formula is C96H180N6O7. The van der Waals surface area contributed by atoms with E-state index < -0.39 is 5.97 Å². The molecule has 7 N–H and O–H groups in total. The molecule has 7 rings (SSSR count). The Morgan fingerprint density at radius 3 is 1.49 bits per heavy atom. The maximum Gasteiger partial charge on any atom is 0.303 e. The van der Waals surface area contributed by atoms with Gasteiger partial charge in [-0.2, -0.15) is 0 Å². The van der Waals surface area contributed by atoms with Crippen LogP contribution in [0.5, 0.6) is 5.75 Å². The SMILES string of the molecule is C.CC(=O)N1CCCC1C(C)C.CC(C)(C)c1cccc(O)c1.CC(C)C1CCC(=O)N1.CC(C)C1CCNCC1.CC(C)CCC(=O)N(C)C.CC(C)CCCC(=O)O.CC(C)CCCCN.CC(C)CO.CC(C)Cc1ccccc1.CC(C)c1cnc2ccccc2c1.CCC(C)C.CCC(CC)C(C)C. The molecule has 0 spiro atoms. The number of fused-ring (bicyclic) bond motifs is 1. The zero-order chi connectivity index (χ0) is 84.1. The molecule has 2 atom stereocenters. The van der Waals surface area contributed by atoms with Crippen LogP contribution in [0.1, 0.15) is 340 Å². The number of unbranched alkanes of at least 4 members (excludes halogenated alkanes) is 1. The second-order valence-corrected chi connectivity index (χ2v) is 35.2. The second kappa shape index (κ2) is 70.5. The van der Waals surface area contributed by atoms with Gasteiger partial charge in [0, 0.05) is 77.1 Å². The first kappa shape index (κ1) is 115. The number of hydrogen-bond donors (Lipinski definition) is 6. The summed E-state index contributed by atoms with van der Waals surface area (Å²) in [6.07, 6.45) is 21.7. The van der Waals surface area contributed by atoms with Crippen molar-refractivity contribution in [2.45, 2.75) is 347 Å². The van der Waals surface area contributed by atoms with E-state index in [9.17, 15) is 24.3 Å². The van der Waals surface area contributed by atoms with Crippen LogP contribution in [0.2, 0.25) is 0 Å². The number of piperidine rings is 1. The van der Waals surface area contributed by atoms with Gasteiger partial charge >= 0.3 is 5.97 Å². The van der Waals surface area contributed by atoms with E-state index >= 15 is 0 Å². The lowest BCUT2D eigenvalue weighted by molar-refractivity contribution is -0.137. The van der Waals surface area contributed by atoms with Gasteiger partial charge in [-0.3, -0.25) is 24.2 Å². The number of amides is 3. The third-order valence-electron chi connectivity index (χ3n) is 19.1. The predicted molar refractivity (Wildman–Crippen MR) is 479 cm³/mol. The molecule has 3 amide bonds. The van der Waals surface area contributed by atoms with Gasteiger partial charge in [-0.25, -0.2) is 0 Å². The standard InChI is InChI=1S/C12H13N.C10H14O.C10H14.C9H17NO.C8H17NO.C8H17N.C8H18.C7H13NO.C7H17N.C7H14O2.C5H12.C4H10O.CH4/c1-9(2)11-7-10-5-3-4-6-12(10)13-8-11;1-10(2,3)8-5-4-6-9(11)7-8;1-9(2)8-10-6-4-3-5-7-10;1-7(2)9-5-4-6-10(9)8(3)11;1-7(2)5-6-8(10)9(3)4;1-7(2)8-3-5-9-6-4-8;1-5-8(6-2)7(3)4;1-5(2)6-3-4-7(9)8-6;1-7(2)5-3-4-6-8;1-6(2)4-3-5-7(8)9;1-4-5(2)3;1-4(2)3-5;/h3-9H,1-2H3;4-7,11H,1-3H3;3-7,9H,8H2,1-2H3;7,9H,4-6H2,1-3H3;7H,5-6H2,1-4H3;7-9H,3-6H2,1-2H3;7-8H,5-6H2,1-4H3;5-6H,3-4H2,1-2H3,(H,8,9);7H,3-6,8H2,1-2H3;6H,3-5H2,1-2H3,(H,8,9);5H,4H2,1-3H3;4-5H,3H2,1-2H3;1H4. The van der Waals surface area contributed by atoms with E-state index in [2.05, 4.69) is 238 Å². The summed E-state index contributed by atoms with van der Waals surface area (Å²) in [5, 5.41) is 33.1. The van der Waals surface area contributed by atoms with Gasteiger partial charge in [-0.1, -0.05) is 300 Å². The Morgan fingerprint density at radius 1 is 0.624 bits per heavy atom. The Labute approximate surface area is 675 Å². The van der Waals surface area contributed by atoms with Crippen LogP contribution in [0, 0.1) is 71.0 Å². The zero-order valence-electron chi connectivity index (χ0n) is 76.0. The number of aliphatic carboxylic acids is 1. The third kappa shape index (κ3) is 70.3. The summed E-state index contributed by atoms with van der Waals surface area (Å²) < 4.78 is 0. The fraction of sp³-hybridized carbons (Fsp3) is 0.740. The lowest BCUT2D eigenvalue weighted by Gasteiger charge is -2.26. The zero-order valence-corrected chi connectivity index (χ0v) is 76.0. The van der Waals surface area contributed by atoms with Gasteiger partial charge in [0.1, 0.15) is 5.75 Å². The van der Waals surface area contributed by atoms with Crippen molar-refractivity contribution < 1.29 is 34.5 Å². The summed E-state index contributed by atoms with van der Waals surface area (Å²) in [7, 11) is 3.59. The normalized spacial score (nSPS) is 14.3. The number of nitrogens with zero attached hydrogens (tertiary/aromatic N) is 3. The van der Waals surface area contributed by atoms with Crippen molar-refractivity contribution in [2.75, 3.05) is 46.9 Å². The highest BCUT2D eigenvalue weighted by molar-refractivity contribution is 5.79. The number of carboxylic acid groups (broad SMARTS) is 1. The highest BCUT2D eigenvalue weighted by atomic mass is 16.4. The van der Waals surface area contributed by atoms with Gasteiger partial charge in [0.05, 0.1) is 5.52 Å². The van der Waals surface area contributed by atoms with Gasteiger partial charge < -0.3 is 41.5 Å². The van der Waals surface area contributed by atoms with Crippen LogP contribution in [-0.2, 0) is 31.0 Å². The van der Waals surface area contributed by atoms with Crippen LogP contribution >= 0.6 is 0 Å². The van der Waals surface area contributed by atoms with Crippen LogP contribution in [0.15, 0.2) is 91.1 Å². The van der Waals surface area contributed by atoms with E-state index in [1.165, 1.54) is 100 Å². The first-order valence-electron chi connectivity index (χ1n) is 42.6. The van der Waals surface area contributed by atoms with Crippen LogP contribution in [0.3, 0.4) is 0 Å². The summed E-state index contributed by atoms with van der Waals surface area (Å²) in [6, 6.07) is 29.4. The Balaban J connectivity index is -0.000000267. The number of phenols is 1. The number of benzene rings is 3. The van der Waals surface area contributed by atoms with Crippen molar-refractivity contribution in [1.82, 2.24) is 25.4 Å². The maximum atomic E-state index is 11.1. The number of carboxylic acids is 1. The average Bonchev–Trinajstić information content (AvgIpc) is 1.55. The number of aliphatic hydroxyl groups is 1. The molecule has 3 fully saturated rings. The Morgan fingerprint density at radius 2 is 1.15 bits per heavy atom. The number of phenolic OH excluding ortho intramolecular Hbond substituents is 1. The summed E-state index contributed by atoms with van der Waals surface area (Å²) in [6.45, 7) is 67.5. The molecule has 3 aliphatic rings. The summed E-state index contributed by atoms with van der Waals surface area (Å²) in [5.41, 5.74) is 10.4. The smallest absolute Gasteiger partial charge is 0.303 e. The number of aromatic hydroxyl groups is 1. The number of carbonyl (C=O) groups is 4. The monoisotopic (exact) mass is 1530 g/mol. The predicted octanol–water partition coefficient (Wildman–Crippen LogP) is 24.7. The minimum atomic E-state index is -0.685. The summed E-state index contributed by atoms with van der Waals surface area (Å²) in [4.78, 5) is 50.7. The fourth-order valence-electron chi connectivity index (χ4n) is 11.2. The van der Waals surface area contributed by atoms with Gasteiger partial charge in [0.2, 0.25) is 17.7 Å². The van der Waals surface area contributed by atoms with Crippen molar-refractivity contribution in [3.05, 3.63) is 108 Å². The number of aliphatic hydroxyl groups excluding tert-OH is 1. The molecule has 2 unspecified atom stereocenters. The molecule has 636 valence electrons. The molecule has 0 saturated carbocycles. The minimum Gasteiger partial charge on any atom is -0.508 e. The van der Waals surface area contributed by atoms with E-state index in [0.29, 0.717) is 72.8 Å². The van der Waals surface area contributed by atoms with Crippen LogP contribution in [-0.4, -0.2) is 113 Å². The van der Waals surface area contributed by atoms with Crippen LogP contribution < -0.4 is 16.4 Å². The average molecular weight is 1530 g/mol. The molecular weight excluding hydrogens is 1350 g/mol. The minimum absolute atomic E-state index is 0. The highest BCUT2D eigenvalue weighted by Gasteiger charge is 2.28.